The van der Waals surface area contributed by atoms with E-state index in [0.717, 1.165) is 24.3 Å². The molecule has 0 atom stereocenters. The monoisotopic (exact) mass is 274 g/mol. The molecule has 4 nitrogen and oxygen atoms in total. The van der Waals surface area contributed by atoms with Crippen LogP contribution in [-0.4, -0.2) is 30.6 Å². The predicted octanol–water partition coefficient (Wildman–Crippen LogP) is 3.66. The molecule has 1 aliphatic rings. The summed E-state index contributed by atoms with van der Waals surface area (Å²) in [4.78, 5) is 14.3. The number of ether oxygens (including phenoxy) is 1. The molecule has 0 saturated heterocycles. The quantitative estimate of drug-likeness (QED) is 0.833. The molecule has 0 aromatic heterocycles. The van der Waals surface area contributed by atoms with Gasteiger partial charge in [-0.1, -0.05) is 18.9 Å². The maximum atomic E-state index is 12.4. The zero-order valence-electron chi connectivity index (χ0n) is 12.0. The number of anilines is 1. The number of nitrogens with zero attached hydrogens (tertiary/aromatic N) is 1. The molecule has 2 rings (SSSR count). The van der Waals surface area contributed by atoms with Crippen LogP contribution >= 0.6 is 0 Å². The van der Waals surface area contributed by atoms with Gasteiger partial charge < -0.3 is 15.0 Å². The van der Waals surface area contributed by atoms with Gasteiger partial charge in [-0.2, -0.15) is 0 Å². The Kier molecular flexibility index (Phi) is 5.04. The van der Waals surface area contributed by atoms with Crippen molar-refractivity contribution in [3.8, 4) is 5.75 Å². The first-order valence-corrected chi connectivity index (χ1v) is 7.07. The summed E-state index contributed by atoms with van der Waals surface area (Å²) in [5, 5.41) is 2.94. The van der Waals surface area contributed by atoms with Gasteiger partial charge in [-0.05, 0) is 37.1 Å². The van der Waals surface area contributed by atoms with Gasteiger partial charge in [0.1, 0.15) is 5.75 Å². The SMILES string of the molecule is C=CCN(C(=O)Nc1ccc(OC)cc1)C1CCCC1. The summed E-state index contributed by atoms with van der Waals surface area (Å²) < 4.78 is 5.11. The van der Waals surface area contributed by atoms with Crippen molar-refractivity contribution in [1.29, 1.82) is 0 Å². The van der Waals surface area contributed by atoms with E-state index >= 15 is 0 Å². The number of amides is 2. The molecule has 1 aliphatic carbocycles. The van der Waals surface area contributed by atoms with Crippen LogP contribution < -0.4 is 10.1 Å². The number of rotatable bonds is 5. The van der Waals surface area contributed by atoms with Gasteiger partial charge in [0.2, 0.25) is 0 Å². The molecule has 0 heterocycles. The molecule has 2 amide bonds. The topological polar surface area (TPSA) is 41.6 Å². The van der Waals surface area contributed by atoms with E-state index in [0.29, 0.717) is 12.6 Å². The summed E-state index contributed by atoms with van der Waals surface area (Å²) in [7, 11) is 1.62. The van der Waals surface area contributed by atoms with Crippen LogP contribution in [0.25, 0.3) is 0 Å². The number of carbonyl (C=O) groups excluding carboxylic acids is 1. The molecule has 1 aromatic rings. The minimum Gasteiger partial charge on any atom is -0.497 e. The molecule has 1 aromatic carbocycles. The van der Waals surface area contributed by atoms with Gasteiger partial charge in [0, 0.05) is 18.3 Å². The molecule has 0 spiro atoms. The molecule has 108 valence electrons. The van der Waals surface area contributed by atoms with Crippen LogP contribution in [0.15, 0.2) is 36.9 Å². The number of nitrogens with one attached hydrogen (secondary N) is 1. The maximum absolute atomic E-state index is 12.4. The molecule has 20 heavy (non-hydrogen) atoms. The summed E-state index contributed by atoms with van der Waals surface area (Å²) in [6, 6.07) is 7.65. The van der Waals surface area contributed by atoms with E-state index in [4.69, 9.17) is 4.74 Å². The smallest absolute Gasteiger partial charge is 0.322 e. The van der Waals surface area contributed by atoms with Crippen LogP contribution in [0.2, 0.25) is 0 Å². The van der Waals surface area contributed by atoms with Crippen LogP contribution in [0.1, 0.15) is 25.7 Å². The van der Waals surface area contributed by atoms with Crippen molar-refractivity contribution in [3.05, 3.63) is 36.9 Å². The van der Waals surface area contributed by atoms with Crippen molar-refractivity contribution in [2.24, 2.45) is 0 Å². The van der Waals surface area contributed by atoms with Crippen LogP contribution in [0.3, 0.4) is 0 Å². The standard InChI is InChI=1S/C16H22N2O2/c1-3-12-18(14-6-4-5-7-14)16(19)17-13-8-10-15(20-2)11-9-13/h3,8-11,14H,1,4-7,12H2,2H3,(H,17,19). The first-order valence-electron chi connectivity index (χ1n) is 7.07. The van der Waals surface area contributed by atoms with Crippen molar-refractivity contribution in [2.75, 3.05) is 19.0 Å². The van der Waals surface area contributed by atoms with Gasteiger partial charge in [0.05, 0.1) is 7.11 Å². The van der Waals surface area contributed by atoms with E-state index in [1.807, 2.05) is 29.2 Å². The normalized spacial score (nSPS) is 14.8. The first-order chi connectivity index (χ1) is 9.74. The summed E-state index contributed by atoms with van der Waals surface area (Å²) in [5.74, 6) is 0.779. The number of hydrogen-bond acceptors (Lipinski definition) is 2. The largest absolute Gasteiger partial charge is 0.497 e. The third kappa shape index (κ3) is 3.53. The van der Waals surface area contributed by atoms with Gasteiger partial charge in [0.15, 0.2) is 0 Å². The molecule has 0 radical (unpaired) electrons. The minimum absolute atomic E-state index is 0.0537. The highest BCUT2D eigenvalue weighted by Crippen LogP contribution is 2.24. The van der Waals surface area contributed by atoms with Crippen LogP contribution in [0, 0.1) is 0 Å². The fraction of sp³-hybridized carbons (Fsp3) is 0.438. The minimum atomic E-state index is -0.0537. The van der Waals surface area contributed by atoms with Crippen molar-refractivity contribution in [1.82, 2.24) is 4.90 Å². The van der Waals surface area contributed by atoms with Crippen LogP contribution in [0.5, 0.6) is 5.75 Å². The predicted molar refractivity (Wildman–Crippen MR) is 81.2 cm³/mol. The summed E-state index contributed by atoms with van der Waals surface area (Å²) in [6.45, 7) is 4.34. The molecule has 0 bridgehead atoms. The lowest BCUT2D eigenvalue weighted by atomic mass is 10.2. The lowest BCUT2D eigenvalue weighted by Gasteiger charge is -2.28. The number of hydrogen-bond donors (Lipinski definition) is 1. The molecular weight excluding hydrogens is 252 g/mol. The Hall–Kier alpha value is -1.97. The van der Waals surface area contributed by atoms with Crippen LogP contribution in [0.4, 0.5) is 10.5 Å². The molecule has 0 aliphatic heterocycles. The number of carbonyl (C=O) groups is 1. The van der Waals surface area contributed by atoms with E-state index in [1.165, 1.54) is 12.8 Å². The van der Waals surface area contributed by atoms with Gasteiger partial charge in [-0.3, -0.25) is 0 Å². The first kappa shape index (κ1) is 14.4. The van der Waals surface area contributed by atoms with Crippen molar-refractivity contribution < 1.29 is 9.53 Å². The fourth-order valence-electron chi connectivity index (χ4n) is 2.62. The second-order valence-electron chi connectivity index (χ2n) is 5.04. The average molecular weight is 274 g/mol. The van der Waals surface area contributed by atoms with Crippen molar-refractivity contribution in [3.63, 3.8) is 0 Å². The molecule has 4 heteroatoms. The van der Waals surface area contributed by atoms with Crippen molar-refractivity contribution in [2.45, 2.75) is 31.7 Å². The highest BCUT2D eigenvalue weighted by atomic mass is 16.5. The van der Waals surface area contributed by atoms with Gasteiger partial charge in [-0.15, -0.1) is 6.58 Å². The Bertz CT molecular complexity index is 450. The van der Waals surface area contributed by atoms with E-state index in [-0.39, 0.29) is 6.03 Å². The zero-order chi connectivity index (χ0) is 14.4. The van der Waals surface area contributed by atoms with E-state index < -0.39 is 0 Å². The number of methoxy groups -OCH3 is 1. The third-order valence-corrected chi connectivity index (χ3v) is 3.69. The molecule has 0 unspecified atom stereocenters. The Balaban J connectivity index is 2.01. The Morgan fingerprint density at radius 2 is 2.05 bits per heavy atom. The fourth-order valence-corrected chi connectivity index (χ4v) is 2.62. The summed E-state index contributed by atoms with van der Waals surface area (Å²) in [6.07, 6.45) is 6.36. The highest BCUT2D eigenvalue weighted by molar-refractivity contribution is 5.89. The maximum Gasteiger partial charge on any atom is 0.322 e. The molecule has 1 fully saturated rings. The Morgan fingerprint density at radius 1 is 1.40 bits per heavy atom. The van der Waals surface area contributed by atoms with Gasteiger partial charge in [0.25, 0.3) is 0 Å². The lowest BCUT2D eigenvalue weighted by molar-refractivity contribution is 0.196. The second kappa shape index (κ2) is 6.98. The summed E-state index contributed by atoms with van der Waals surface area (Å²) in [5.41, 5.74) is 0.780. The van der Waals surface area contributed by atoms with Crippen molar-refractivity contribution >= 4 is 11.7 Å². The lowest BCUT2D eigenvalue weighted by Crippen LogP contribution is -2.41. The van der Waals surface area contributed by atoms with E-state index in [2.05, 4.69) is 11.9 Å². The molecular formula is C16H22N2O2. The highest BCUT2D eigenvalue weighted by Gasteiger charge is 2.25. The van der Waals surface area contributed by atoms with E-state index in [1.54, 1.807) is 13.2 Å². The van der Waals surface area contributed by atoms with E-state index in [9.17, 15) is 4.79 Å². The van der Waals surface area contributed by atoms with Gasteiger partial charge >= 0.3 is 6.03 Å². The Labute approximate surface area is 120 Å². The zero-order valence-corrected chi connectivity index (χ0v) is 12.0. The second-order valence-corrected chi connectivity index (χ2v) is 5.04. The number of benzene rings is 1. The number of urea groups is 1. The average Bonchev–Trinajstić information content (AvgIpc) is 2.99. The van der Waals surface area contributed by atoms with Gasteiger partial charge in [-0.25, -0.2) is 4.79 Å². The molecule has 1 N–H and O–H groups in total. The molecule has 1 saturated carbocycles. The summed E-state index contributed by atoms with van der Waals surface area (Å²) >= 11 is 0. The Morgan fingerprint density at radius 3 is 2.60 bits per heavy atom. The van der Waals surface area contributed by atoms with Crippen LogP contribution in [-0.2, 0) is 0 Å². The third-order valence-electron chi connectivity index (χ3n) is 3.69.